The molecule has 9 nitrogen and oxygen atoms in total. The third kappa shape index (κ3) is 4.45. The third-order valence-electron chi connectivity index (χ3n) is 5.07. The molecule has 0 aromatic heterocycles. The molecule has 1 aliphatic heterocycles. The van der Waals surface area contributed by atoms with Crippen LogP contribution in [0.4, 0.5) is 5.69 Å². The normalized spacial score (nSPS) is 17.7. The summed E-state index contributed by atoms with van der Waals surface area (Å²) >= 11 is 0. The Morgan fingerprint density at radius 1 is 1.06 bits per heavy atom. The third-order valence-corrected chi connectivity index (χ3v) is 5.07. The van der Waals surface area contributed by atoms with Crippen LogP contribution in [0.15, 0.2) is 54.1 Å². The highest BCUT2D eigenvalue weighted by Gasteiger charge is 2.45. The lowest BCUT2D eigenvalue weighted by molar-refractivity contribution is -0.384. The number of carboxylic acid groups (broad SMARTS) is 1. The van der Waals surface area contributed by atoms with E-state index in [-0.39, 0.29) is 36.4 Å². The maximum atomic E-state index is 12.8. The second-order valence-electron chi connectivity index (χ2n) is 7.20. The molecule has 1 saturated heterocycles. The van der Waals surface area contributed by atoms with Crippen molar-refractivity contribution in [2.75, 3.05) is 6.54 Å². The van der Waals surface area contributed by atoms with Gasteiger partial charge in [-0.15, -0.1) is 0 Å². The van der Waals surface area contributed by atoms with Crippen molar-refractivity contribution >= 4 is 29.1 Å². The summed E-state index contributed by atoms with van der Waals surface area (Å²) in [5.74, 6) is -3.15. The summed E-state index contributed by atoms with van der Waals surface area (Å²) in [7, 11) is 0. The van der Waals surface area contributed by atoms with Gasteiger partial charge in [-0.05, 0) is 31.0 Å². The van der Waals surface area contributed by atoms with Gasteiger partial charge in [0.05, 0.1) is 16.5 Å². The van der Waals surface area contributed by atoms with E-state index < -0.39 is 28.6 Å². The van der Waals surface area contributed by atoms with Crippen molar-refractivity contribution in [3.8, 4) is 0 Å². The van der Waals surface area contributed by atoms with Crippen LogP contribution in [0.3, 0.4) is 0 Å². The average Bonchev–Trinajstić information content (AvgIpc) is 2.98. The van der Waals surface area contributed by atoms with Gasteiger partial charge in [-0.1, -0.05) is 29.8 Å². The Bertz CT molecular complexity index is 1070. The van der Waals surface area contributed by atoms with Gasteiger partial charge in [0.25, 0.3) is 17.4 Å². The van der Waals surface area contributed by atoms with Crippen molar-refractivity contribution in [1.82, 2.24) is 4.90 Å². The summed E-state index contributed by atoms with van der Waals surface area (Å²) in [5.41, 5.74) is 1.38. The Morgan fingerprint density at radius 3 is 2.23 bits per heavy atom. The molecule has 1 atom stereocenters. The fraction of sp³-hybridized carbons (Fsp3) is 0.227. The molecule has 1 aliphatic rings. The number of carboxylic acids is 1. The molecule has 1 unspecified atom stereocenters. The highest BCUT2D eigenvalue weighted by atomic mass is 16.6. The van der Waals surface area contributed by atoms with E-state index in [2.05, 4.69) is 0 Å². The van der Waals surface area contributed by atoms with E-state index in [1.807, 2.05) is 6.92 Å². The van der Waals surface area contributed by atoms with E-state index in [1.54, 1.807) is 24.3 Å². The van der Waals surface area contributed by atoms with Gasteiger partial charge < -0.3 is 15.1 Å². The van der Waals surface area contributed by atoms with E-state index in [9.17, 15) is 29.6 Å². The largest absolute Gasteiger partial charge is 0.507 e. The lowest BCUT2D eigenvalue weighted by atomic mass is 9.95. The molecular formula is C22H20N2O7. The minimum absolute atomic E-state index is 0.0246. The lowest BCUT2D eigenvalue weighted by Gasteiger charge is -2.25. The molecule has 2 aromatic rings. The topological polar surface area (TPSA) is 138 Å². The standard InChI is InChI=1S/C22H20N2O7/c1-13-4-6-15(7-5-13)20(27)18-19(14-8-10-16(11-9-14)24(30)31)23(22(29)21(18)28)12-2-3-17(25)26/h4-11,19,27H,2-3,12H2,1H3,(H,25,26)/b20-18-. The second kappa shape index (κ2) is 8.78. The van der Waals surface area contributed by atoms with E-state index in [0.717, 1.165) is 5.56 Å². The first-order chi connectivity index (χ1) is 14.7. The number of hydrogen-bond donors (Lipinski definition) is 2. The fourth-order valence-corrected chi connectivity index (χ4v) is 3.50. The predicted octanol–water partition coefficient (Wildman–Crippen LogP) is 3.19. The number of aliphatic hydroxyl groups is 1. The molecule has 0 saturated carbocycles. The molecule has 0 spiro atoms. The highest BCUT2D eigenvalue weighted by Crippen LogP contribution is 2.40. The number of carbonyl (C=O) groups is 3. The molecule has 3 rings (SSSR count). The molecule has 0 bridgehead atoms. The molecule has 0 radical (unpaired) electrons. The number of non-ortho nitro benzene ring substituents is 1. The van der Waals surface area contributed by atoms with Gasteiger partial charge in [-0.3, -0.25) is 24.5 Å². The predicted molar refractivity (Wildman–Crippen MR) is 110 cm³/mol. The molecule has 31 heavy (non-hydrogen) atoms. The van der Waals surface area contributed by atoms with Gasteiger partial charge in [0.15, 0.2) is 0 Å². The minimum Gasteiger partial charge on any atom is -0.507 e. The Morgan fingerprint density at radius 2 is 1.68 bits per heavy atom. The second-order valence-corrected chi connectivity index (χ2v) is 7.20. The van der Waals surface area contributed by atoms with Crippen LogP contribution < -0.4 is 0 Å². The fourth-order valence-electron chi connectivity index (χ4n) is 3.50. The van der Waals surface area contributed by atoms with Gasteiger partial charge in [0, 0.05) is 30.7 Å². The van der Waals surface area contributed by atoms with E-state index in [4.69, 9.17) is 5.11 Å². The first-order valence-electron chi connectivity index (χ1n) is 9.52. The number of Topliss-reactive ketones (excluding diaryl/α,β-unsaturated/α-hetero) is 1. The van der Waals surface area contributed by atoms with Crippen molar-refractivity contribution in [2.24, 2.45) is 0 Å². The molecular weight excluding hydrogens is 404 g/mol. The first kappa shape index (κ1) is 21.7. The van der Waals surface area contributed by atoms with Gasteiger partial charge >= 0.3 is 5.97 Å². The Hall–Kier alpha value is -4.01. The summed E-state index contributed by atoms with van der Waals surface area (Å²) in [6.45, 7) is 1.84. The van der Waals surface area contributed by atoms with Crippen LogP contribution >= 0.6 is 0 Å². The van der Waals surface area contributed by atoms with Crippen molar-refractivity contribution in [1.29, 1.82) is 0 Å². The number of aliphatic hydroxyl groups excluding tert-OH is 1. The molecule has 2 aromatic carbocycles. The minimum atomic E-state index is -1.04. The van der Waals surface area contributed by atoms with E-state index in [0.29, 0.717) is 11.1 Å². The number of aryl methyl sites for hydroxylation is 1. The van der Waals surface area contributed by atoms with Gasteiger partial charge in [-0.25, -0.2) is 0 Å². The summed E-state index contributed by atoms with van der Waals surface area (Å²) in [6, 6.07) is 11.1. The maximum absolute atomic E-state index is 12.8. The Balaban J connectivity index is 2.10. The number of nitro groups is 1. The van der Waals surface area contributed by atoms with Crippen molar-refractivity contribution in [2.45, 2.75) is 25.8 Å². The van der Waals surface area contributed by atoms with Crippen molar-refractivity contribution < 1.29 is 29.5 Å². The average molecular weight is 424 g/mol. The molecule has 1 heterocycles. The van der Waals surface area contributed by atoms with Crippen LogP contribution in [0, 0.1) is 17.0 Å². The molecule has 160 valence electrons. The van der Waals surface area contributed by atoms with Crippen molar-refractivity contribution in [3.05, 3.63) is 80.9 Å². The van der Waals surface area contributed by atoms with Crippen LogP contribution in [0.1, 0.15) is 35.6 Å². The number of nitro benzene ring substituents is 1. The van der Waals surface area contributed by atoms with Crippen molar-refractivity contribution in [3.63, 3.8) is 0 Å². The van der Waals surface area contributed by atoms with Crippen LogP contribution in [0.2, 0.25) is 0 Å². The monoisotopic (exact) mass is 424 g/mol. The summed E-state index contributed by atoms with van der Waals surface area (Å²) in [4.78, 5) is 48.0. The van der Waals surface area contributed by atoms with E-state index in [1.165, 1.54) is 29.2 Å². The molecule has 2 N–H and O–H groups in total. The maximum Gasteiger partial charge on any atom is 0.303 e. The number of nitrogens with zero attached hydrogens (tertiary/aromatic N) is 2. The lowest BCUT2D eigenvalue weighted by Crippen LogP contribution is -2.31. The van der Waals surface area contributed by atoms with Crippen LogP contribution in [-0.2, 0) is 14.4 Å². The van der Waals surface area contributed by atoms with Gasteiger partial charge in [0.2, 0.25) is 0 Å². The molecule has 0 aliphatic carbocycles. The zero-order chi connectivity index (χ0) is 22.7. The molecule has 1 fully saturated rings. The SMILES string of the molecule is Cc1ccc(/C(O)=C2/C(=O)C(=O)N(CCCC(=O)O)C2c2ccc([N+](=O)[O-])cc2)cc1. The number of hydrogen-bond acceptors (Lipinski definition) is 6. The highest BCUT2D eigenvalue weighted by molar-refractivity contribution is 6.46. The Kier molecular flexibility index (Phi) is 6.15. The molecule has 9 heteroatoms. The number of benzene rings is 2. The summed E-state index contributed by atoms with van der Waals surface area (Å²) in [5, 5.41) is 30.8. The van der Waals surface area contributed by atoms with Crippen LogP contribution in [0.25, 0.3) is 5.76 Å². The quantitative estimate of drug-likeness (QED) is 0.229. The summed E-state index contributed by atoms with van der Waals surface area (Å²) < 4.78 is 0. The first-order valence-corrected chi connectivity index (χ1v) is 9.52. The van der Waals surface area contributed by atoms with Gasteiger partial charge in [0.1, 0.15) is 5.76 Å². The van der Waals surface area contributed by atoms with Crippen LogP contribution in [-0.4, -0.2) is 44.2 Å². The zero-order valence-corrected chi connectivity index (χ0v) is 16.6. The van der Waals surface area contributed by atoms with Gasteiger partial charge in [-0.2, -0.15) is 0 Å². The number of amides is 1. The number of ketones is 1. The number of likely N-dealkylation sites (tertiary alicyclic amines) is 1. The smallest absolute Gasteiger partial charge is 0.303 e. The van der Waals surface area contributed by atoms with E-state index >= 15 is 0 Å². The number of rotatable bonds is 7. The zero-order valence-electron chi connectivity index (χ0n) is 16.6. The molecule has 1 amide bonds. The number of carbonyl (C=O) groups excluding carboxylic acids is 2. The summed E-state index contributed by atoms with van der Waals surface area (Å²) in [6.07, 6.45) is -0.0929. The number of aliphatic carboxylic acids is 1. The van der Waals surface area contributed by atoms with Crippen LogP contribution in [0.5, 0.6) is 0 Å². The Labute approximate surface area is 177 Å².